The molecule has 0 unspecified atom stereocenters. The highest BCUT2D eigenvalue weighted by atomic mass is 16.5. The molecule has 0 aliphatic carbocycles. The Kier molecular flexibility index (Phi) is 3.87. The molecule has 18 heavy (non-hydrogen) atoms. The second kappa shape index (κ2) is 5.58. The zero-order valence-corrected chi connectivity index (χ0v) is 10.9. The Morgan fingerprint density at radius 1 is 1.61 bits per heavy atom. The van der Waals surface area contributed by atoms with E-state index >= 15 is 0 Å². The van der Waals surface area contributed by atoms with Gasteiger partial charge in [0.25, 0.3) is 0 Å². The van der Waals surface area contributed by atoms with Gasteiger partial charge in [-0.3, -0.25) is 0 Å². The first-order valence-corrected chi connectivity index (χ1v) is 6.06. The van der Waals surface area contributed by atoms with Gasteiger partial charge in [-0.1, -0.05) is 18.2 Å². The number of aromatic amines is 1. The summed E-state index contributed by atoms with van der Waals surface area (Å²) in [5.74, 6) is 0.849. The van der Waals surface area contributed by atoms with Gasteiger partial charge in [0.15, 0.2) is 0 Å². The number of imidazole rings is 1. The van der Waals surface area contributed by atoms with Crippen molar-refractivity contribution in [2.75, 3.05) is 13.2 Å². The third kappa shape index (κ3) is 3.03. The second-order valence-corrected chi connectivity index (χ2v) is 4.57. The zero-order valence-electron chi connectivity index (χ0n) is 10.9. The minimum absolute atomic E-state index is 0.690. The molecule has 2 heterocycles. The molecule has 1 N–H and O–H groups in total. The Morgan fingerprint density at radius 3 is 3.11 bits per heavy atom. The lowest BCUT2D eigenvalue weighted by Gasteiger charge is -2.32. The van der Waals surface area contributed by atoms with Crippen LogP contribution >= 0.6 is 0 Å². The van der Waals surface area contributed by atoms with E-state index in [2.05, 4.69) is 35.3 Å². The average Bonchev–Trinajstić information content (AvgIpc) is 2.83. The van der Waals surface area contributed by atoms with Crippen LogP contribution in [-0.2, 0) is 11.3 Å². The summed E-state index contributed by atoms with van der Waals surface area (Å²) < 4.78 is 5.64. The summed E-state index contributed by atoms with van der Waals surface area (Å²) >= 11 is 0. The predicted octanol–water partition coefficient (Wildman–Crippen LogP) is 2.61. The van der Waals surface area contributed by atoms with Crippen molar-refractivity contribution in [1.29, 1.82) is 0 Å². The first kappa shape index (κ1) is 12.5. The van der Waals surface area contributed by atoms with Gasteiger partial charge in [0, 0.05) is 6.20 Å². The van der Waals surface area contributed by atoms with Gasteiger partial charge < -0.3 is 14.6 Å². The van der Waals surface area contributed by atoms with Gasteiger partial charge in [0.05, 0.1) is 30.8 Å². The molecular weight excluding hydrogens is 226 g/mol. The van der Waals surface area contributed by atoms with Crippen LogP contribution in [0.4, 0.5) is 0 Å². The number of hydrogen-bond acceptors (Lipinski definition) is 3. The van der Waals surface area contributed by atoms with Gasteiger partial charge in [0.1, 0.15) is 12.4 Å². The highest BCUT2D eigenvalue weighted by molar-refractivity contribution is 5.28. The smallest absolute Gasteiger partial charge is 0.142 e. The molecule has 96 valence electrons. The fourth-order valence-corrected chi connectivity index (χ4v) is 1.78. The third-order valence-corrected chi connectivity index (χ3v) is 2.77. The molecule has 0 amide bonds. The van der Waals surface area contributed by atoms with Crippen molar-refractivity contribution in [2.45, 2.75) is 20.4 Å². The fraction of sp³-hybridized carbons (Fsp3) is 0.357. The summed E-state index contributed by atoms with van der Waals surface area (Å²) in [5, 5.41) is 0. The number of hydrogen-bond donors (Lipinski definition) is 1. The zero-order chi connectivity index (χ0) is 13.0. The molecule has 4 nitrogen and oxygen atoms in total. The van der Waals surface area contributed by atoms with E-state index in [1.165, 1.54) is 5.57 Å². The van der Waals surface area contributed by atoms with E-state index in [9.17, 15) is 0 Å². The summed E-state index contributed by atoms with van der Waals surface area (Å²) in [6.45, 7) is 10.6. The molecule has 0 radical (unpaired) electrons. The molecule has 1 aliphatic rings. The van der Waals surface area contributed by atoms with Gasteiger partial charge in [0.2, 0.25) is 0 Å². The van der Waals surface area contributed by atoms with Gasteiger partial charge in [-0.05, 0) is 19.9 Å². The highest BCUT2D eigenvalue weighted by Crippen LogP contribution is 2.21. The molecule has 4 heteroatoms. The third-order valence-electron chi connectivity index (χ3n) is 2.77. The lowest BCUT2D eigenvalue weighted by Crippen LogP contribution is -2.32. The number of morpholine rings is 1. The van der Waals surface area contributed by atoms with Crippen molar-refractivity contribution in [3.63, 3.8) is 0 Å². The molecule has 1 fully saturated rings. The van der Waals surface area contributed by atoms with Crippen LogP contribution in [0.25, 0.3) is 0 Å². The van der Waals surface area contributed by atoms with Gasteiger partial charge in [-0.25, -0.2) is 4.98 Å². The number of aromatic nitrogens is 2. The summed E-state index contributed by atoms with van der Waals surface area (Å²) in [6, 6.07) is 0. The van der Waals surface area contributed by atoms with E-state index in [0.29, 0.717) is 6.61 Å². The molecule has 1 aliphatic heterocycles. The van der Waals surface area contributed by atoms with Gasteiger partial charge >= 0.3 is 0 Å². The number of rotatable bonds is 3. The molecule has 0 saturated carbocycles. The van der Waals surface area contributed by atoms with E-state index in [4.69, 9.17) is 4.74 Å². The minimum Gasteiger partial charge on any atom is -0.490 e. The van der Waals surface area contributed by atoms with E-state index < -0.39 is 0 Å². The second-order valence-electron chi connectivity index (χ2n) is 4.57. The van der Waals surface area contributed by atoms with E-state index in [0.717, 1.165) is 30.2 Å². The molecule has 1 aromatic heterocycles. The van der Waals surface area contributed by atoms with Crippen LogP contribution in [0.2, 0.25) is 0 Å². The normalized spacial score (nSPS) is 17.8. The molecule has 1 saturated heterocycles. The standard InChI is InChI=1S/C14H19N3O/c1-11(2)4-5-14-12(3)17(6-7-18-14)9-13-8-15-10-16-13/h4-5,8,10H,3,6-7,9H2,1-2H3,(H,15,16)/b14-5+. The number of H-pyrrole nitrogens is 1. The highest BCUT2D eigenvalue weighted by Gasteiger charge is 2.19. The molecule has 1 aromatic rings. The summed E-state index contributed by atoms with van der Waals surface area (Å²) in [4.78, 5) is 9.32. The van der Waals surface area contributed by atoms with Gasteiger partial charge in [-0.15, -0.1) is 0 Å². The van der Waals surface area contributed by atoms with Crippen molar-refractivity contribution < 1.29 is 4.74 Å². The molecular formula is C14H19N3O. The van der Waals surface area contributed by atoms with Crippen LogP contribution in [0.5, 0.6) is 0 Å². The lowest BCUT2D eigenvalue weighted by atomic mass is 10.2. The van der Waals surface area contributed by atoms with Crippen molar-refractivity contribution in [3.8, 4) is 0 Å². The number of ether oxygens (including phenoxy) is 1. The van der Waals surface area contributed by atoms with Gasteiger partial charge in [-0.2, -0.15) is 0 Å². The Morgan fingerprint density at radius 2 is 2.44 bits per heavy atom. The van der Waals surface area contributed by atoms with E-state index in [-0.39, 0.29) is 0 Å². The first-order valence-electron chi connectivity index (χ1n) is 6.06. The van der Waals surface area contributed by atoms with Crippen LogP contribution < -0.4 is 0 Å². The average molecular weight is 245 g/mol. The van der Waals surface area contributed by atoms with Crippen LogP contribution in [-0.4, -0.2) is 28.0 Å². The molecule has 0 atom stereocenters. The maximum atomic E-state index is 5.64. The van der Waals surface area contributed by atoms with E-state index in [1.54, 1.807) is 6.33 Å². The van der Waals surface area contributed by atoms with Crippen molar-refractivity contribution >= 4 is 0 Å². The monoisotopic (exact) mass is 245 g/mol. The van der Waals surface area contributed by atoms with Crippen LogP contribution in [0, 0.1) is 0 Å². The predicted molar refractivity (Wildman–Crippen MR) is 71.6 cm³/mol. The lowest BCUT2D eigenvalue weighted by molar-refractivity contribution is 0.124. The van der Waals surface area contributed by atoms with Crippen LogP contribution in [0.1, 0.15) is 19.5 Å². The van der Waals surface area contributed by atoms with Crippen LogP contribution in [0.15, 0.2) is 48.3 Å². The Bertz CT molecular complexity index is 467. The quantitative estimate of drug-likeness (QED) is 0.890. The minimum atomic E-state index is 0.690. The fourth-order valence-electron chi connectivity index (χ4n) is 1.78. The maximum Gasteiger partial charge on any atom is 0.142 e. The molecule has 0 aromatic carbocycles. The largest absolute Gasteiger partial charge is 0.490 e. The summed E-state index contributed by atoms with van der Waals surface area (Å²) in [5.41, 5.74) is 3.25. The number of allylic oxidation sites excluding steroid dienone is 3. The number of nitrogens with zero attached hydrogens (tertiary/aromatic N) is 2. The van der Waals surface area contributed by atoms with Crippen molar-refractivity contribution in [2.24, 2.45) is 0 Å². The first-order chi connectivity index (χ1) is 8.66. The Hall–Kier alpha value is -1.97. The number of nitrogens with one attached hydrogen (secondary N) is 1. The Labute approximate surface area is 108 Å². The topological polar surface area (TPSA) is 41.1 Å². The maximum absolute atomic E-state index is 5.64. The Balaban J connectivity index is 2.07. The molecule has 0 bridgehead atoms. The SMILES string of the molecule is C=C1/C(=C\C=C(C)C)OCCN1Cc1cnc[nH]1. The van der Waals surface area contributed by atoms with Crippen molar-refractivity contribution in [1.82, 2.24) is 14.9 Å². The molecule has 2 rings (SSSR count). The summed E-state index contributed by atoms with van der Waals surface area (Å²) in [6.07, 6.45) is 7.55. The summed E-state index contributed by atoms with van der Waals surface area (Å²) in [7, 11) is 0. The van der Waals surface area contributed by atoms with E-state index in [1.807, 2.05) is 18.3 Å². The van der Waals surface area contributed by atoms with Crippen molar-refractivity contribution in [3.05, 3.63) is 54.0 Å². The van der Waals surface area contributed by atoms with Crippen LogP contribution in [0.3, 0.4) is 0 Å². The molecule has 0 spiro atoms.